The lowest BCUT2D eigenvalue weighted by molar-refractivity contribution is 0.300. The maximum absolute atomic E-state index is 5.33. The van der Waals surface area contributed by atoms with Gasteiger partial charge in [-0.1, -0.05) is 30.3 Å². The SMILES string of the molecule is CC1CC(c2ncc3occc3n2)CC(c2ccccc2)N1.Cl.O. The van der Waals surface area contributed by atoms with E-state index in [0.717, 1.165) is 29.8 Å². The highest BCUT2D eigenvalue weighted by molar-refractivity contribution is 5.85. The highest BCUT2D eigenvalue weighted by Gasteiger charge is 2.29. The Bertz CT molecular complexity index is 778. The van der Waals surface area contributed by atoms with Crippen molar-refractivity contribution in [2.24, 2.45) is 0 Å². The molecule has 3 N–H and O–H groups in total. The van der Waals surface area contributed by atoms with Crippen LogP contribution in [0.15, 0.2) is 53.3 Å². The molecule has 3 atom stereocenters. The highest BCUT2D eigenvalue weighted by Crippen LogP contribution is 2.35. The fraction of sp³-hybridized carbons (Fsp3) is 0.333. The maximum Gasteiger partial charge on any atom is 0.170 e. The standard InChI is InChI=1S/C18H19N3O.ClH.H2O/c1-12-9-14(10-16(20-12)13-5-3-2-4-6-13)18-19-11-17-15(21-18)7-8-22-17;;/h2-8,11-12,14,16,20H,9-10H2,1H3;1H;1H2. The van der Waals surface area contributed by atoms with Gasteiger partial charge in [-0.3, -0.25) is 0 Å². The van der Waals surface area contributed by atoms with Crippen LogP contribution < -0.4 is 5.32 Å². The molecule has 1 fully saturated rings. The van der Waals surface area contributed by atoms with Crippen LogP contribution in [0.1, 0.15) is 43.1 Å². The molecule has 1 aliphatic rings. The number of nitrogens with one attached hydrogen (secondary N) is 1. The van der Waals surface area contributed by atoms with E-state index in [0.29, 0.717) is 18.0 Å². The fourth-order valence-corrected chi connectivity index (χ4v) is 3.39. The molecule has 3 aromatic rings. The third-order valence-electron chi connectivity index (χ3n) is 4.43. The molecule has 24 heavy (non-hydrogen) atoms. The summed E-state index contributed by atoms with van der Waals surface area (Å²) in [6.07, 6.45) is 5.55. The van der Waals surface area contributed by atoms with Gasteiger partial charge in [0, 0.05) is 24.1 Å². The zero-order chi connectivity index (χ0) is 14.9. The Balaban J connectivity index is 0.00000104. The fourth-order valence-electron chi connectivity index (χ4n) is 3.39. The molecule has 128 valence electrons. The van der Waals surface area contributed by atoms with Crippen molar-refractivity contribution in [2.75, 3.05) is 0 Å². The topological polar surface area (TPSA) is 82.5 Å². The minimum atomic E-state index is 0. The molecule has 1 aromatic carbocycles. The Morgan fingerprint density at radius 3 is 2.71 bits per heavy atom. The van der Waals surface area contributed by atoms with Gasteiger partial charge in [0.2, 0.25) is 0 Å². The second-order valence-corrected chi connectivity index (χ2v) is 6.10. The largest absolute Gasteiger partial charge is 0.461 e. The Morgan fingerprint density at radius 1 is 1.12 bits per heavy atom. The molecule has 0 saturated carbocycles. The van der Waals surface area contributed by atoms with Gasteiger partial charge in [-0.25, -0.2) is 9.97 Å². The van der Waals surface area contributed by atoms with E-state index in [4.69, 9.17) is 4.42 Å². The summed E-state index contributed by atoms with van der Waals surface area (Å²) in [7, 11) is 0. The number of nitrogens with zero attached hydrogens (tertiary/aromatic N) is 2. The van der Waals surface area contributed by atoms with Crippen molar-refractivity contribution in [1.29, 1.82) is 0 Å². The molecule has 0 radical (unpaired) electrons. The first kappa shape index (κ1) is 18.4. The molecule has 2 aromatic heterocycles. The summed E-state index contributed by atoms with van der Waals surface area (Å²) < 4.78 is 5.33. The summed E-state index contributed by atoms with van der Waals surface area (Å²) in [6.45, 7) is 2.23. The molecule has 0 amide bonds. The van der Waals surface area contributed by atoms with Crippen LogP contribution in [-0.4, -0.2) is 21.5 Å². The second kappa shape index (κ2) is 7.75. The quantitative estimate of drug-likeness (QED) is 0.770. The van der Waals surface area contributed by atoms with Crippen LogP contribution >= 0.6 is 12.4 Å². The number of halogens is 1. The van der Waals surface area contributed by atoms with Crippen molar-refractivity contribution in [1.82, 2.24) is 15.3 Å². The van der Waals surface area contributed by atoms with E-state index in [1.165, 1.54) is 5.56 Å². The number of rotatable bonds is 2. The van der Waals surface area contributed by atoms with E-state index in [1.807, 2.05) is 6.07 Å². The van der Waals surface area contributed by atoms with Crippen molar-refractivity contribution >= 4 is 23.5 Å². The van der Waals surface area contributed by atoms with Gasteiger partial charge >= 0.3 is 0 Å². The zero-order valence-electron chi connectivity index (χ0n) is 13.5. The average Bonchev–Trinajstić information content (AvgIpc) is 3.02. The molecular weight excluding hydrogens is 326 g/mol. The molecule has 1 aliphatic heterocycles. The zero-order valence-corrected chi connectivity index (χ0v) is 14.3. The van der Waals surface area contributed by atoms with Crippen LogP contribution in [0.2, 0.25) is 0 Å². The molecule has 0 bridgehead atoms. The number of aromatic nitrogens is 2. The molecule has 6 heteroatoms. The van der Waals surface area contributed by atoms with Crippen LogP contribution in [0.5, 0.6) is 0 Å². The van der Waals surface area contributed by atoms with E-state index >= 15 is 0 Å². The Labute approximate surface area is 147 Å². The monoisotopic (exact) mass is 347 g/mol. The van der Waals surface area contributed by atoms with Gasteiger partial charge in [0.1, 0.15) is 11.3 Å². The molecular formula is C18H22ClN3O2. The van der Waals surface area contributed by atoms with Crippen molar-refractivity contribution in [3.05, 3.63) is 60.2 Å². The van der Waals surface area contributed by atoms with Crippen molar-refractivity contribution in [3.63, 3.8) is 0 Å². The minimum absolute atomic E-state index is 0. The van der Waals surface area contributed by atoms with Gasteiger partial charge in [0.25, 0.3) is 0 Å². The summed E-state index contributed by atoms with van der Waals surface area (Å²) in [5.41, 5.74) is 2.99. The molecule has 4 rings (SSSR count). The summed E-state index contributed by atoms with van der Waals surface area (Å²) in [5.74, 6) is 1.31. The van der Waals surface area contributed by atoms with Crippen molar-refractivity contribution in [2.45, 2.75) is 37.8 Å². The normalized spacial score (nSPS) is 23.3. The third kappa shape index (κ3) is 3.59. The lowest BCUT2D eigenvalue weighted by Crippen LogP contribution is -2.38. The predicted molar refractivity (Wildman–Crippen MR) is 96.4 cm³/mol. The maximum atomic E-state index is 5.33. The van der Waals surface area contributed by atoms with Crippen LogP contribution in [0.4, 0.5) is 0 Å². The molecule has 0 aliphatic carbocycles. The number of hydrogen-bond donors (Lipinski definition) is 1. The summed E-state index contributed by atoms with van der Waals surface area (Å²) in [4.78, 5) is 9.22. The van der Waals surface area contributed by atoms with Gasteiger partial charge in [0.05, 0.1) is 12.5 Å². The van der Waals surface area contributed by atoms with Gasteiger partial charge in [-0.05, 0) is 25.3 Å². The molecule has 0 spiro atoms. The first-order chi connectivity index (χ1) is 10.8. The highest BCUT2D eigenvalue weighted by atomic mass is 35.5. The number of benzene rings is 1. The Hall–Kier alpha value is -1.95. The van der Waals surface area contributed by atoms with Gasteiger partial charge in [0.15, 0.2) is 5.58 Å². The van der Waals surface area contributed by atoms with E-state index < -0.39 is 0 Å². The lowest BCUT2D eigenvalue weighted by Gasteiger charge is -2.34. The lowest BCUT2D eigenvalue weighted by atomic mass is 9.85. The van der Waals surface area contributed by atoms with Crippen molar-refractivity contribution in [3.8, 4) is 0 Å². The second-order valence-electron chi connectivity index (χ2n) is 6.10. The number of hydrogen-bond acceptors (Lipinski definition) is 4. The van der Waals surface area contributed by atoms with Crippen LogP contribution in [0.25, 0.3) is 11.1 Å². The van der Waals surface area contributed by atoms with Gasteiger partial charge in [-0.2, -0.15) is 0 Å². The first-order valence-corrected chi connectivity index (χ1v) is 7.81. The first-order valence-electron chi connectivity index (χ1n) is 7.81. The molecule has 3 unspecified atom stereocenters. The predicted octanol–water partition coefficient (Wildman–Crippen LogP) is 3.42. The van der Waals surface area contributed by atoms with Crippen LogP contribution in [0.3, 0.4) is 0 Å². The average molecular weight is 348 g/mol. The number of furan rings is 1. The molecule has 5 nitrogen and oxygen atoms in total. The van der Waals surface area contributed by atoms with E-state index in [1.54, 1.807) is 12.5 Å². The Kier molecular flexibility index (Phi) is 5.94. The van der Waals surface area contributed by atoms with E-state index in [2.05, 4.69) is 52.5 Å². The van der Waals surface area contributed by atoms with Crippen LogP contribution in [-0.2, 0) is 0 Å². The van der Waals surface area contributed by atoms with Gasteiger partial charge in [-0.15, -0.1) is 12.4 Å². The number of fused-ring (bicyclic) bond motifs is 1. The summed E-state index contributed by atoms with van der Waals surface area (Å²) in [5, 5.41) is 3.69. The van der Waals surface area contributed by atoms with E-state index in [-0.39, 0.29) is 17.9 Å². The van der Waals surface area contributed by atoms with Crippen molar-refractivity contribution < 1.29 is 9.89 Å². The van der Waals surface area contributed by atoms with Gasteiger partial charge < -0.3 is 15.2 Å². The minimum Gasteiger partial charge on any atom is -0.461 e. The smallest absolute Gasteiger partial charge is 0.170 e. The Morgan fingerprint density at radius 2 is 1.92 bits per heavy atom. The third-order valence-corrected chi connectivity index (χ3v) is 4.43. The molecule has 3 heterocycles. The summed E-state index contributed by atoms with van der Waals surface area (Å²) in [6, 6.07) is 13.3. The molecule has 1 saturated heterocycles. The summed E-state index contributed by atoms with van der Waals surface area (Å²) >= 11 is 0. The number of piperidine rings is 1. The van der Waals surface area contributed by atoms with E-state index in [9.17, 15) is 0 Å². The van der Waals surface area contributed by atoms with Crippen LogP contribution in [0, 0.1) is 0 Å².